The molecule has 3 rings (SSSR count). The number of nitriles is 1. The molecule has 2 heterocycles. The number of carbonyl (C=O) groups excluding carboxylic acids is 2. The summed E-state index contributed by atoms with van der Waals surface area (Å²) >= 11 is 0. The van der Waals surface area contributed by atoms with E-state index in [-0.39, 0.29) is 11.9 Å². The van der Waals surface area contributed by atoms with Crippen molar-refractivity contribution in [2.75, 3.05) is 20.1 Å². The fourth-order valence-corrected chi connectivity index (χ4v) is 3.76. The van der Waals surface area contributed by atoms with E-state index < -0.39 is 5.54 Å². The summed E-state index contributed by atoms with van der Waals surface area (Å²) in [7, 11) is 2.11. The van der Waals surface area contributed by atoms with Crippen LogP contribution in [0.2, 0.25) is 0 Å². The van der Waals surface area contributed by atoms with Gasteiger partial charge in [0, 0.05) is 12.6 Å². The van der Waals surface area contributed by atoms with Crippen molar-refractivity contribution in [2.45, 2.75) is 44.2 Å². The van der Waals surface area contributed by atoms with Crippen molar-refractivity contribution >= 4 is 11.9 Å². The molecule has 2 aliphatic heterocycles. The van der Waals surface area contributed by atoms with Crippen LogP contribution in [-0.4, -0.2) is 47.9 Å². The lowest BCUT2D eigenvalue weighted by Crippen LogP contribution is -2.42. The number of likely N-dealkylation sites (tertiary alicyclic amines) is 1. The minimum Gasteiger partial charge on any atom is -0.319 e. The molecule has 6 nitrogen and oxygen atoms in total. The molecule has 0 aromatic heterocycles. The van der Waals surface area contributed by atoms with E-state index in [1.54, 1.807) is 31.2 Å². The van der Waals surface area contributed by atoms with Crippen molar-refractivity contribution in [3.05, 3.63) is 35.4 Å². The number of piperidine rings is 1. The summed E-state index contributed by atoms with van der Waals surface area (Å²) in [5, 5.41) is 11.7. The largest absolute Gasteiger partial charge is 0.325 e. The Hall–Kier alpha value is -2.39. The molecule has 0 saturated carbocycles. The predicted molar refractivity (Wildman–Crippen MR) is 93.6 cm³/mol. The molecular weight excluding hydrogens is 316 g/mol. The quantitative estimate of drug-likeness (QED) is 0.853. The van der Waals surface area contributed by atoms with Crippen molar-refractivity contribution in [3.63, 3.8) is 0 Å². The standard InChI is InChI=1S/C19H24N4O2/c1-19(15-8-6-14(13-20)7-9-15)17(24)23(18(25)21-19)12-10-16-5-3-4-11-22(16)2/h6-9,16H,3-5,10-12H2,1-2H3,(H,21,25)/t16-,19-/m1/s1. The molecule has 1 aromatic rings. The summed E-state index contributed by atoms with van der Waals surface area (Å²) in [6.07, 6.45) is 4.34. The molecule has 1 N–H and O–H groups in total. The van der Waals surface area contributed by atoms with Gasteiger partial charge < -0.3 is 10.2 Å². The summed E-state index contributed by atoms with van der Waals surface area (Å²) in [6, 6.07) is 8.94. The highest BCUT2D eigenvalue weighted by Crippen LogP contribution is 2.29. The van der Waals surface area contributed by atoms with Crippen LogP contribution in [0.15, 0.2) is 24.3 Å². The van der Waals surface area contributed by atoms with Crippen LogP contribution in [0.25, 0.3) is 0 Å². The number of benzene rings is 1. The maximum absolute atomic E-state index is 12.9. The van der Waals surface area contributed by atoms with E-state index in [2.05, 4.69) is 23.3 Å². The minimum absolute atomic E-state index is 0.222. The maximum Gasteiger partial charge on any atom is 0.325 e. The molecule has 2 saturated heterocycles. The zero-order valence-corrected chi connectivity index (χ0v) is 14.8. The van der Waals surface area contributed by atoms with Crippen molar-refractivity contribution < 1.29 is 9.59 Å². The van der Waals surface area contributed by atoms with E-state index in [1.807, 2.05) is 0 Å². The average molecular weight is 340 g/mol. The molecule has 2 aliphatic rings. The third-order valence-electron chi connectivity index (χ3n) is 5.47. The molecule has 1 aromatic carbocycles. The van der Waals surface area contributed by atoms with Crippen LogP contribution in [0.3, 0.4) is 0 Å². The normalized spacial score (nSPS) is 27.2. The van der Waals surface area contributed by atoms with Gasteiger partial charge in [-0.15, -0.1) is 0 Å². The highest BCUT2D eigenvalue weighted by molar-refractivity contribution is 6.07. The van der Waals surface area contributed by atoms with Crippen molar-refractivity contribution in [2.24, 2.45) is 0 Å². The summed E-state index contributed by atoms with van der Waals surface area (Å²) in [4.78, 5) is 28.9. The average Bonchev–Trinajstić information content (AvgIpc) is 2.84. The first kappa shape index (κ1) is 17.4. The Bertz CT molecular complexity index is 709. The first-order valence-corrected chi connectivity index (χ1v) is 8.80. The predicted octanol–water partition coefficient (Wildman–Crippen LogP) is 2.20. The molecule has 0 bridgehead atoms. The van der Waals surface area contributed by atoms with Crippen LogP contribution < -0.4 is 5.32 Å². The monoisotopic (exact) mass is 340 g/mol. The smallest absolute Gasteiger partial charge is 0.319 e. The highest BCUT2D eigenvalue weighted by atomic mass is 16.2. The third-order valence-corrected chi connectivity index (χ3v) is 5.47. The number of nitrogens with one attached hydrogen (secondary N) is 1. The minimum atomic E-state index is -1.07. The van der Waals surface area contributed by atoms with Crippen LogP contribution in [0.4, 0.5) is 4.79 Å². The Balaban J connectivity index is 1.71. The molecule has 0 aliphatic carbocycles. The Morgan fingerprint density at radius 2 is 2.00 bits per heavy atom. The van der Waals surface area contributed by atoms with Gasteiger partial charge in [0.25, 0.3) is 5.91 Å². The van der Waals surface area contributed by atoms with Crippen LogP contribution >= 0.6 is 0 Å². The molecule has 2 atom stereocenters. The third kappa shape index (κ3) is 3.24. The van der Waals surface area contributed by atoms with Crippen LogP contribution in [0.5, 0.6) is 0 Å². The maximum atomic E-state index is 12.9. The molecule has 2 fully saturated rings. The molecule has 3 amide bonds. The molecular formula is C19H24N4O2. The second-order valence-electron chi connectivity index (χ2n) is 7.12. The SMILES string of the molecule is CN1CCCC[C@@H]1CCN1C(=O)N[C@](C)(c2ccc(C#N)cc2)C1=O. The van der Waals surface area contributed by atoms with Gasteiger partial charge in [-0.2, -0.15) is 5.26 Å². The molecule has 25 heavy (non-hydrogen) atoms. The second-order valence-corrected chi connectivity index (χ2v) is 7.12. The number of imide groups is 1. The van der Waals surface area contributed by atoms with Gasteiger partial charge in [0.2, 0.25) is 0 Å². The van der Waals surface area contributed by atoms with E-state index in [4.69, 9.17) is 5.26 Å². The van der Waals surface area contributed by atoms with E-state index in [1.165, 1.54) is 17.7 Å². The fraction of sp³-hybridized carbons (Fsp3) is 0.526. The summed E-state index contributed by atoms with van der Waals surface area (Å²) in [6.45, 7) is 3.24. The van der Waals surface area contributed by atoms with Crippen LogP contribution in [0.1, 0.15) is 43.7 Å². The number of rotatable bonds is 4. The van der Waals surface area contributed by atoms with Crippen molar-refractivity contribution in [1.29, 1.82) is 5.26 Å². The molecule has 6 heteroatoms. The first-order chi connectivity index (χ1) is 12.0. The molecule has 0 unspecified atom stereocenters. The van der Waals surface area contributed by atoms with Gasteiger partial charge in [0.15, 0.2) is 0 Å². The Morgan fingerprint density at radius 1 is 1.28 bits per heavy atom. The van der Waals surface area contributed by atoms with Crippen molar-refractivity contribution in [1.82, 2.24) is 15.1 Å². The van der Waals surface area contributed by atoms with Crippen LogP contribution in [-0.2, 0) is 10.3 Å². The Labute approximate surface area is 148 Å². The van der Waals surface area contributed by atoms with Gasteiger partial charge in [-0.1, -0.05) is 18.6 Å². The number of nitrogens with zero attached hydrogens (tertiary/aromatic N) is 3. The molecule has 132 valence electrons. The highest BCUT2D eigenvalue weighted by Gasteiger charge is 2.48. The lowest BCUT2D eigenvalue weighted by Gasteiger charge is -2.33. The van der Waals surface area contributed by atoms with Gasteiger partial charge in [-0.3, -0.25) is 9.69 Å². The molecule has 0 radical (unpaired) electrons. The lowest BCUT2D eigenvalue weighted by atomic mass is 9.91. The number of hydrogen-bond acceptors (Lipinski definition) is 4. The van der Waals surface area contributed by atoms with Gasteiger partial charge in [0.05, 0.1) is 11.6 Å². The zero-order chi connectivity index (χ0) is 18.0. The number of hydrogen-bond donors (Lipinski definition) is 1. The zero-order valence-electron chi connectivity index (χ0n) is 14.8. The van der Waals surface area contributed by atoms with Gasteiger partial charge in [-0.05, 0) is 57.5 Å². The Kier molecular flexibility index (Phi) is 4.78. The van der Waals surface area contributed by atoms with Crippen molar-refractivity contribution in [3.8, 4) is 6.07 Å². The number of carbonyl (C=O) groups is 2. The van der Waals surface area contributed by atoms with E-state index in [0.29, 0.717) is 23.7 Å². The van der Waals surface area contributed by atoms with E-state index >= 15 is 0 Å². The summed E-state index contributed by atoms with van der Waals surface area (Å²) in [5.74, 6) is -0.222. The molecule has 0 spiro atoms. The van der Waals surface area contributed by atoms with E-state index in [9.17, 15) is 9.59 Å². The summed E-state index contributed by atoms with van der Waals surface area (Å²) < 4.78 is 0. The Morgan fingerprint density at radius 3 is 2.64 bits per heavy atom. The lowest BCUT2D eigenvalue weighted by molar-refractivity contribution is -0.131. The first-order valence-electron chi connectivity index (χ1n) is 8.80. The van der Waals surface area contributed by atoms with Gasteiger partial charge in [-0.25, -0.2) is 4.79 Å². The number of urea groups is 1. The fourth-order valence-electron chi connectivity index (χ4n) is 3.76. The summed E-state index contributed by atoms with van der Waals surface area (Å²) in [5.41, 5.74) is 0.159. The van der Waals surface area contributed by atoms with Gasteiger partial charge in [0.1, 0.15) is 5.54 Å². The second kappa shape index (κ2) is 6.85. The number of amides is 3. The van der Waals surface area contributed by atoms with Crippen LogP contribution in [0, 0.1) is 11.3 Å². The van der Waals surface area contributed by atoms with Gasteiger partial charge >= 0.3 is 6.03 Å². The van der Waals surface area contributed by atoms with E-state index in [0.717, 1.165) is 19.4 Å². The topological polar surface area (TPSA) is 76.4 Å².